The lowest BCUT2D eigenvalue weighted by atomic mass is 9.89. The number of para-hydroxylation sites is 1. The van der Waals surface area contributed by atoms with E-state index >= 15 is 0 Å². The smallest absolute Gasteiger partial charge is 0.246 e. The van der Waals surface area contributed by atoms with Crippen LogP contribution in [0.4, 0.5) is 5.95 Å². The van der Waals surface area contributed by atoms with Crippen molar-refractivity contribution in [3.63, 3.8) is 0 Å². The van der Waals surface area contributed by atoms with E-state index in [9.17, 15) is 22.1 Å². The normalized spacial score (nSPS) is 12.5. The van der Waals surface area contributed by atoms with Crippen LogP contribution >= 0.6 is 0 Å². The number of aromatic nitrogens is 4. The Morgan fingerprint density at radius 3 is 1.95 bits per heavy atom. The van der Waals surface area contributed by atoms with Crippen molar-refractivity contribution in [2.24, 2.45) is 5.41 Å². The molecule has 0 aliphatic rings. The van der Waals surface area contributed by atoms with E-state index < -0.39 is 31.7 Å². The third-order valence-electron chi connectivity index (χ3n) is 9.82. The van der Waals surface area contributed by atoms with Crippen molar-refractivity contribution >= 4 is 25.8 Å². The Morgan fingerprint density at radius 2 is 1.40 bits per heavy atom. The molecule has 0 saturated carbocycles. The summed E-state index contributed by atoms with van der Waals surface area (Å²) < 4.78 is 81.1. The average Bonchev–Trinajstić information content (AvgIpc) is 3.62. The van der Waals surface area contributed by atoms with Crippen molar-refractivity contribution < 1.29 is 35.8 Å². The molecule has 0 unspecified atom stereocenters. The Hall–Kier alpha value is -4.72. The van der Waals surface area contributed by atoms with Crippen molar-refractivity contribution in [1.29, 1.82) is 5.26 Å². The first kappa shape index (κ1) is 46.0. The molecule has 0 aliphatic heterocycles. The molecule has 1 atom stereocenters. The van der Waals surface area contributed by atoms with Gasteiger partial charge in [-0.15, -0.1) is 10.2 Å². The lowest BCUT2D eigenvalue weighted by Gasteiger charge is -2.27. The van der Waals surface area contributed by atoms with Crippen molar-refractivity contribution in [3.8, 4) is 40.7 Å². The van der Waals surface area contributed by atoms with Crippen molar-refractivity contribution in [3.05, 3.63) is 65.7 Å². The second kappa shape index (κ2) is 20.8. The number of anilines is 1. The SMILES string of the molecule is COc1cccc(-c2nnc(N(CCCCCCCCCCCC(C)(C)C)S(=O)(=O)C[C@@H](OC)c3ccc(C#N)cc3S(C)(=O)=O)n2-c2c(OC)cccc2OC)n1. The largest absolute Gasteiger partial charge is 0.494 e. The summed E-state index contributed by atoms with van der Waals surface area (Å²) in [5.41, 5.74) is 1.26. The third-order valence-corrected chi connectivity index (χ3v) is 12.7. The van der Waals surface area contributed by atoms with Crippen LogP contribution in [0.3, 0.4) is 0 Å². The summed E-state index contributed by atoms with van der Waals surface area (Å²) in [4.78, 5) is 4.39. The molecule has 58 heavy (non-hydrogen) atoms. The number of nitrogens with zero attached hydrogens (tertiary/aromatic N) is 6. The number of unbranched alkanes of at least 4 members (excludes halogenated alkanes) is 8. The first-order valence-electron chi connectivity index (χ1n) is 19.5. The fourth-order valence-electron chi connectivity index (χ4n) is 6.78. The maximum Gasteiger partial charge on any atom is 0.246 e. The van der Waals surface area contributed by atoms with Crippen molar-refractivity contribution in [2.75, 3.05) is 51.3 Å². The molecule has 4 aromatic rings. The quantitative estimate of drug-likeness (QED) is 0.0657. The van der Waals surface area contributed by atoms with E-state index in [2.05, 4.69) is 36.0 Å². The van der Waals surface area contributed by atoms with Gasteiger partial charge in [0.15, 0.2) is 15.7 Å². The van der Waals surface area contributed by atoms with Gasteiger partial charge in [-0.2, -0.15) is 5.26 Å². The first-order chi connectivity index (χ1) is 27.6. The molecule has 0 aliphatic carbocycles. The number of sulfonamides is 1. The van der Waals surface area contributed by atoms with Gasteiger partial charge in [-0.05, 0) is 48.6 Å². The van der Waals surface area contributed by atoms with Crippen LogP contribution in [0.2, 0.25) is 0 Å². The molecule has 316 valence electrons. The van der Waals surface area contributed by atoms with Crippen LogP contribution in [0.25, 0.3) is 17.2 Å². The van der Waals surface area contributed by atoms with E-state index in [1.54, 1.807) is 41.0 Å². The number of hydrogen-bond donors (Lipinski definition) is 0. The maximum atomic E-state index is 14.9. The minimum atomic E-state index is -4.39. The number of methoxy groups -OCH3 is 4. The summed E-state index contributed by atoms with van der Waals surface area (Å²) in [6.07, 6.45) is 10.1. The summed E-state index contributed by atoms with van der Waals surface area (Å²) in [6, 6.07) is 16.3. The Morgan fingerprint density at radius 1 is 0.793 bits per heavy atom. The highest BCUT2D eigenvalue weighted by Gasteiger charge is 2.35. The van der Waals surface area contributed by atoms with E-state index in [1.165, 1.54) is 83.0 Å². The van der Waals surface area contributed by atoms with E-state index in [0.717, 1.165) is 31.9 Å². The van der Waals surface area contributed by atoms with Gasteiger partial charge in [0.25, 0.3) is 0 Å². The molecule has 2 aromatic heterocycles. The Labute approximate surface area is 344 Å². The standard InChI is InChI=1S/C42H58N6O8S2/c1-42(2,3)26-16-14-12-10-9-11-13-15-17-27-47(58(51,52)30-36(55-6)32-25-24-31(29-43)28-37(32)57(8,49)50)41-46-45-40(33-20-18-23-38(44-33)56-7)48(41)39-34(53-4)21-19-22-35(39)54-5/h18-25,28,36H,9-17,26-27,30H2,1-8H3/t36-/m1/s1. The summed E-state index contributed by atoms with van der Waals surface area (Å²) in [6.45, 7) is 6.85. The summed E-state index contributed by atoms with van der Waals surface area (Å²) in [5, 5.41) is 18.5. The molecule has 0 amide bonds. The van der Waals surface area contributed by atoms with Gasteiger partial charge in [0.1, 0.15) is 22.9 Å². The van der Waals surface area contributed by atoms with E-state index in [1.807, 2.05) is 6.07 Å². The van der Waals surface area contributed by atoms with Crippen LogP contribution < -0.4 is 18.5 Å². The zero-order valence-corrected chi connectivity index (χ0v) is 36.7. The fraction of sp³-hybridized carbons (Fsp3) is 0.524. The highest BCUT2D eigenvalue weighted by Crippen LogP contribution is 2.39. The maximum absolute atomic E-state index is 14.9. The van der Waals surface area contributed by atoms with E-state index in [4.69, 9.17) is 18.9 Å². The van der Waals surface area contributed by atoms with Crippen LogP contribution in [0.1, 0.15) is 102 Å². The highest BCUT2D eigenvalue weighted by molar-refractivity contribution is 7.92. The van der Waals surface area contributed by atoms with E-state index in [-0.39, 0.29) is 34.3 Å². The zero-order valence-electron chi connectivity index (χ0n) is 35.0. The monoisotopic (exact) mass is 838 g/mol. The lowest BCUT2D eigenvalue weighted by Crippen LogP contribution is -2.38. The number of rotatable bonds is 23. The van der Waals surface area contributed by atoms with Gasteiger partial charge >= 0.3 is 0 Å². The van der Waals surface area contributed by atoms with Crippen molar-refractivity contribution in [2.45, 2.75) is 96.0 Å². The number of hydrogen-bond acceptors (Lipinski definition) is 12. The van der Waals surface area contributed by atoms with Crippen LogP contribution in [0.5, 0.6) is 17.4 Å². The van der Waals surface area contributed by atoms with Crippen molar-refractivity contribution in [1.82, 2.24) is 19.7 Å². The predicted molar refractivity (Wildman–Crippen MR) is 225 cm³/mol. The highest BCUT2D eigenvalue weighted by atomic mass is 32.2. The van der Waals surface area contributed by atoms with Gasteiger partial charge in [0.05, 0.1) is 49.7 Å². The Balaban J connectivity index is 1.76. The molecule has 16 heteroatoms. The molecule has 4 rings (SSSR count). The van der Waals surface area contributed by atoms with Crippen LogP contribution in [0.15, 0.2) is 59.5 Å². The van der Waals surface area contributed by atoms with Crippen LogP contribution in [-0.4, -0.2) is 83.6 Å². The molecule has 14 nitrogen and oxygen atoms in total. The second-order valence-corrected chi connectivity index (χ2v) is 19.4. The average molecular weight is 839 g/mol. The van der Waals surface area contributed by atoms with E-state index in [0.29, 0.717) is 40.6 Å². The molecule has 2 aromatic carbocycles. The molecule has 2 heterocycles. The topological polar surface area (TPSA) is 176 Å². The number of pyridine rings is 1. The molecule has 0 saturated heterocycles. The van der Waals surface area contributed by atoms with Gasteiger partial charge in [-0.3, -0.25) is 4.57 Å². The first-order valence-corrected chi connectivity index (χ1v) is 23.0. The summed E-state index contributed by atoms with van der Waals surface area (Å²) in [5.74, 6) is 0.484. The summed E-state index contributed by atoms with van der Waals surface area (Å²) in [7, 11) is -2.49. The minimum Gasteiger partial charge on any atom is -0.494 e. The Bertz CT molecular complexity index is 2210. The third kappa shape index (κ3) is 12.2. The van der Waals surface area contributed by atoms with Crippen LogP contribution in [-0.2, 0) is 24.6 Å². The molecule has 0 bridgehead atoms. The number of nitriles is 1. The molecule has 0 fully saturated rings. The number of benzene rings is 2. The molecule has 0 radical (unpaired) electrons. The molecular weight excluding hydrogens is 781 g/mol. The summed E-state index contributed by atoms with van der Waals surface area (Å²) >= 11 is 0. The van der Waals surface area contributed by atoms with Gasteiger partial charge in [-0.1, -0.05) is 90.3 Å². The molecular formula is C42H58N6O8S2. The minimum absolute atomic E-state index is 0.0268. The molecule has 0 N–H and O–H groups in total. The number of ether oxygens (including phenoxy) is 4. The van der Waals surface area contributed by atoms with Gasteiger partial charge in [0, 0.05) is 31.5 Å². The van der Waals surface area contributed by atoms with Gasteiger partial charge in [-0.25, -0.2) is 26.1 Å². The molecule has 0 spiro atoms. The fourth-order valence-corrected chi connectivity index (χ4v) is 9.40. The zero-order chi connectivity index (χ0) is 42.5. The van der Waals surface area contributed by atoms with Gasteiger partial charge in [0.2, 0.25) is 21.9 Å². The lowest BCUT2D eigenvalue weighted by molar-refractivity contribution is 0.119. The predicted octanol–water partition coefficient (Wildman–Crippen LogP) is 8.10. The second-order valence-electron chi connectivity index (χ2n) is 15.4. The van der Waals surface area contributed by atoms with Crippen LogP contribution in [0, 0.1) is 16.7 Å². The Kier molecular flexibility index (Phi) is 16.5. The number of sulfone groups is 1. The van der Waals surface area contributed by atoms with Gasteiger partial charge < -0.3 is 18.9 Å².